The minimum Gasteiger partial charge on any atom is -0.303 e. The molecule has 1 heterocycles. The largest absolute Gasteiger partial charge is 0.303 e. The number of thioether (sulfide) groups is 1. The molecule has 0 radical (unpaired) electrons. The molecule has 0 aromatic heterocycles. The molecule has 1 rings (SSSR count). The van der Waals surface area contributed by atoms with Crippen LogP contribution >= 0.6 is 27.7 Å². The fourth-order valence-corrected chi connectivity index (χ4v) is 1.64. The molecule has 0 atom stereocenters. The molecule has 0 spiro atoms. The Morgan fingerprint density at radius 3 is 3.00 bits per heavy atom. The SMILES string of the molecule is NNC1=NC(=CBr)CS1. The molecule has 0 aliphatic carbocycles. The van der Waals surface area contributed by atoms with Crippen LogP contribution in [-0.2, 0) is 0 Å². The summed E-state index contributed by atoms with van der Waals surface area (Å²) in [5.41, 5.74) is 3.49. The third-order valence-corrected chi connectivity index (χ3v) is 2.30. The van der Waals surface area contributed by atoms with Crippen LogP contribution in [0.3, 0.4) is 0 Å². The normalized spacial score (nSPS) is 22.4. The monoisotopic (exact) mass is 207 g/mol. The Morgan fingerprint density at radius 2 is 2.67 bits per heavy atom. The fraction of sp³-hybridized carbons (Fsp3) is 0.250. The molecule has 50 valence electrons. The van der Waals surface area contributed by atoms with Crippen LogP contribution in [0.25, 0.3) is 0 Å². The van der Waals surface area contributed by atoms with Crippen molar-refractivity contribution in [2.45, 2.75) is 0 Å². The summed E-state index contributed by atoms with van der Waals surface area (Å²) in [5, 5.41) is 0.778. The van der Waals surface area contributed by atoms with Crippen LogP contribution in [0, 0.1) is 0 Å². The number of nitrogens with two attached hydrogens (primary N) is 1. The summed E-state index contributed by atoms with van der Waals surface area (Å²) in [6.07, 6.45) is 0. The molecule has 0 aromatic rings. The number of rotatable bonds is 0. The lowest BCUT2D eigenvalue weighted by atomic mass is 10.6. The van der Waals surface area contributed by atoms with Crippen molar-refractivity contribution in [3.63, 3.8) is 0 Å². The zero-order chi connectivity index (χ0) is 6.69. The molecule has 9 heavy (non-hydrogen) atoms. The van der Waals surface area contributed by atoms with E-state index in [0.717, 1.165) is 16.6 Å². The van der Waals surface area contributed by atoms with Gasteiger partial charge in [-0.15, -0.1) is 0 Å². The topological polar surface area (TPSA) is 50.4 Å². The first-order valence-electron chi connectivity index (χ1n) is 2.34. The number of hydrazine groups is 1. The summed E-state index contributed by atoms with van der Waals surface area (Å²) in [7, 11) is 0. The van der Waals surface area contributed by atoms with E-state index in [9.17, 15) is 0 Å². The predicted molar refractivity (Wildman–Crippen MR) is 44.2 cm³/mol. The maximum Gasteiger partial charge on any atom is 0.176 e. The summed E-state index contributed by atoms with van der Waals surface area (Å²) in [6.45, 7) is 0. The third-order valence-electron chi connectivity index (χ3n) is 0.851. The maximum atomic E-state index is 5.11. The molecule has 0 fully saturated rings. The van der Waals surface area contributed by atoms with Gasteiger partial charge in [0.1, 0.15) is 0 Å². The van der Waals surface area contributed by atoms with Crippen molar-refractivity contribution in [2.24, 2.45) is 10.8 Å². The lowest BCUT2D eigenvalue weighted by molar-refractivity contribution is 1.04. The second-order valence-corrected chi connectivity index (χ2v) is 2.87. The third kappa shape index (κ3) is 1.70. The highest BCUT2D eigenvalue weighted by atomic mass is 79.9. The molecule has 0 amide bonds. The van der Waals surface area contributed by atoms with E-state index in [-0.39, 0.29) is 0 Å². The van der Waals surface area contributed by atoms with Gasteiger partial charge in [-0.2, -0.15) is 0 Å². The molecule has 0 aromatic carbocycles. The van der Waals surface area contributed by atoms with E-state index in [2.05, 4.69) is 26.3 Å². The van der Waals surface area contributed by atoms with Crippen LogP contribution in [0.4, 0.5) is 0 Å². The average molecular weight is 208 g/mol. The van der Waals surface area contributed by atoms with Crippen LogP contribution < -0.4 is 11.3 Å². The van der Waals surface area contributed by atoms with Crippen molar-refractivity contribution < 1.29 is 0 Å². The minimum atomic E-state index is 0.778. The van der Waals surface area contributed by atoms with Crippen LogP contribution in [0.15, 0.2) is 15.7 Å². The highest BCUT2D eigenvalue weighted by Gasteiger charge is 2.08. The second kappa shape index (κ2) is 3.24. The lowest BCUT2D eigenvalue weighted by Crippen LogP contribution is -2.26. The van der Waals surface area contributed by atoms with Gasteiger partial charge in [-0.1, -0.05) is 27.7 Å². The molecule has 5 heteroatoms. The number of amidine groups is 1. The van der Waals surface area contributed by atoms with Crippen molar-refractivity contribution in [3.8, 4) is 0 Å². The summed E-state index contributed by atoms with van der Waals surface area (Å²) in [6, 6.07) is 0. The van der Waals surface area contributed by atoms with Gasteiger partial charge in [-0.25, -0.2) is 10.8 Å². The van der Waals surface area contributed by atoms with Crippen LogP contribution in [-0.4, -0.2) is 10.9 Å². The van der Waals surface area contributed by atoms with Gasteiger partial charge in [0.25, 0.3) is 0 Å². The summed E-state index contributed by atoms with van der Waals surface area (Å²) in [4.78, 5) is 5.88. The Labute approximate surface area is 65.9 Å². The van der Waals surface area contributed by atoms with E-state index >= 15 is 0 Å². The molecule has 1 aliphatic heterocycles. The Hall–Kier alpha value is -0.000000000000000111. The van der Waals surface area contributed by atoms with Crippen LogP contribution in [0.1, 0.15) is 0 Å². The van der Waals surface area contributed by atoms with Gasteiger partial charge in [0.2, 0.25) is 0 Å². The van der Waals surface area contributed by atoms with Gasteiger partial charge in [-0.05, 0) is 0 Å². The first-order chi connectivity index (χ1) is 4.36. The first-order valence-corrected chi connectivity index (χ1v) is 4.24. The molecule has 0 saturated heterocycles. The molecule has 1 aliphatic rings. The van der Waals surface area contributed by atoms with Crippen molar-refractivity contribution in [3.05, 3.63) is 10.7 Å². The van der Waals surface area contributed by atoms with Gasteiger partial charge >= 0.3 is 0 Å². The standard InChI is InChI=1S/C4H6BrN3S/c5-1-3-2-9-4(7-3)8-6/h1H,2,6H2,(H,7,8). The quantitative estimate of drug-likeness (QED) is 0.457. The van der Waals surface area contributed by atoms with E-state index in [1.165, 1.54) is 0 Å². The van der Waals surface area contributed by atoms with E-state index in [4.69, 9.17) is 5.84 Å². The summed E-state index contributed by atoms with van der Waals surface area (Å²) < 4.78 is 0. The number of halogens is 1. The predicted octanol–water partition coefficient (Wildman–Crippen LogP) is 0.789. The van der Waals surface area contributed by atoms with Gasteiger partial charge in [0.15, 0.2) is 5.17 Å². The Bertz CT molecular complexity index is 165. The summed E-state index contributed by atoms with van der Waals surface area (Å²) in [5.74, 6) is 6.00. The number of nitrogens with one attached hydrogen (secondary N) is 1. The van der Waals surface area contributed by atoms with E-state index in [1.807, 2.05) is 0 Å². The molecular weight excluding hydrogens is 202 g/mol. The van der Waals surface area contributed by atoms with Gasteiger partial charge in [0.05, 0.1) is 5.70 Å². The van der Waals surface area contributed by atoms with E-state index < -0.39 is 0 Å². The number of hydrogen-bond acceptors (Lipinski definition) is 4. The second-order valence-electron chi connectivity index (χ2n) is 1.45. The Balaban J connectivity index is 2.61. The van der Waals surface area contributed by atoms with Crippen molar-refractivity contribution in [1.82, 2.24) is 5.43 Å². The highest BCUT2D eigenvalue weighted by Crippen LogP contribution is 2.19. The molecule has 3 N–H and O–H groups in total. The zero-order valence-electron chi connectivity index (χ0n) is 4.60. The zero-order valence-corrected chi connectivity index (χ0v) is 7.00. The highest BCUT2D eigenvalue weighted by molar-refractivity contribution is 9.11. The Morgan fingerprint density at radius 1 is 1.89 bits per heavy atom. The van der Waals surface area contributed by atoms with Crippen molar-refractivity contribution in [2.75, 3.05) is 5.75 Å². The van der Waals surface area contributed by atoms with E-state index in [0.29, 0.717) is 0 Å². The molecule has 0 unspecified atom stereocenters. The molecule has 0 saturated carbocycles. The first kappa shape index (κ1) is 7.11. The Kier molecular flexibility index (Phi) is 2.56. The van der Waals surface area contributed by atoms with Crippen molar-refractivity contribution in [1.29, 1.82) is 0 Å². The van der Waals surface area contributed by atoms with Gasteiger partial charge in [0, 0.05) is 10.7 Å². The number of hydrogen-bond donors (Lipinski definition) is 2. The molecule has 0 bridgehead atoms. The minimum absolute atomic E-state index is 0.778. The smallest absolute Gasteiger partial charge is 0.176 e. The van der Waals surface area contributed by atoms with Gasteiger partial charge in [-0.3, -0.25) is 0 Å². The molecular formula is C4H6BrN3S. The van der Waals surface area contributed by atoms with Crippen LogP contribution in [0.5, 0.6) is 0 Å². The summed E-state index contributed by atoms with van der Waals surface area (Å²) >= 11 is 4.77. The molecule has 3 nitrogen and oxygen atoms in total. The van der Waals surface area contributed by atoms with E-state index in [1.54, 1.807) is 16.7 Å². The fourth-order valence-electron chi connectivity index (χ4n) is 0.467. The van der Waals surface area contributed by atoms with Gasteiger partial charge < -0.3 is 5.43 Å². The maximum absolute atomic E-state index is 5.11. The van der Waals surface area contributed by atoms with Crippen molar-refractivity contribution >= 4 is 32.9 Å². The van der Waals surface area contributed by atoms with Crippen LogP contribution in [0.2, 0.25) is 0 Å². The number of nitrogens with zero attached hydrogens (tertiary/aromatic N) is 1. The lowest BCUT2D eigenvalue weighted by Gasteiger charge is -1.90. The number of aliphatic imine (C=N–C) groups is 1. The average Bonchev–Trinajstić information content (AvgIpc) is 2.34.